The van der Waals surface area contributed by atoms with Crippen LogP contribution in [0.1, 0.15) is 24.5 Å². The van der Waals surface area contributed by atoms with Gasteiger partial charge in [0, 0.05) is 25.1 Å². The number of amides is 1. The summed E-state index contributed by atoms with van der Waals surface area (Å²) >= 11 is 0. The minimum absolute atomic E-state index is 0.244. The Kier molecular flexibility index (Phi) is 7.48. The highest BCUT2D eigenvalue weighted by atomic mass is 32.2. The molecule has 1 heterocycles. The molecule has 8 heteroatoms. The minimum atomic E-state index is -3.34. The van der Waals surface area contributed by atoms with Crippen molar-refractivity contribution in [1.29, 1.82) is 0 Å². The van der Waals surface area contributed by atoms with E-state index in [0.29, 0.717) is 23.5 Å². The third-order valence-electron chi connectivity index (χ3n) is 5.02. The molecule has 0 saturated carbocycles. The second kappa shape index (κ2) is 10.3. The number of pyridine rings is 1. The van der Waals surface area contributed by atoms with Crippen molar-refractivity contribution in [3.63, 3.8) is 0 Å². The quantitative estimate of drug-likeness (QED) is 0.531. The molecule has 1 aromatic heterocycles. The van der Waals surface area contributed by atoms with Gasteiger partial charge in [0.2, 0.25) is 10.0 Å². The summed E-state index contributed by atoms with van der Waals surface area (Å²) in [4.78, 5) is 16.7. The van der Waals surface area contributed by atoms with E-state index in [0.717, 1.165) is 18.2 Å². The first-order valence-electron chi connectivity index (χ1n) is 10.3. The molecule has 0 unspecified atom stereocenters. The maximum Gasteiger partial charge on any atom is 0.265 e. The summed E-state index contributed by atoms with van der Waals surface area (Å²) in [6, 6.07) is 18.2. The van der Waals surface area contributed by atoms with Gasteiger partial charge >= 0.3 is 0 Å². The van der Waals surface area contributed by atoms with Crippen LogP contribution in [-0.4, -0.2) is 38.7 Å². The van der Waals surface area contributed by atoms with Crippen LogP contribution in [0, 0.1) is 0 Å². The van der Waals surface area contributed by atoms with Crippen molar-refractivity contribution in [2.75, 3.05) is 22.9 Å². The molecule has 0 bridgehead atoms. The Bertz CT molecular complexity index is 1130. The number of carbonyl (C=O) groups is 1. The number of nitrogens with one attached hydrogen (secondary N) is 1. The number of rotatable bonds is 9. The normalized spacial score (nSPS) is 12.1. The van der Waals surface area contributed by atoms with Crippen LogP contribution in [0.5, 0.6) is 5.75 Å². The van der Waals surface area contributed by atoms with E-state index in [1.165, 1.54) is 16.9 Å². The summed E-state index contributed by atoms with van der Waals surface area (Å²) in [5, 5.41) is 2.89. The van der Waals surface area contributed by atoms with Crippen molar-refractivity contribution in [2.45, 2.75) is 25.9 Å². The number of hydrogen-bond acceptors (Lipinski definition) is 5. The van der Waals surface area contributed by atoms with E-state index in [1.54, 1.807) is 36.7 Å². The van der Waals surface area contributed by atoms with Crippen LogP contribution in [0.4, 0.5) is 11.4 Å². The smallest absolute Gasteiger partial charge is 0.265 e. The molecule has 168 valence electrons. The third kappa shape index (κ3) is 6.31. The van der Waals surface area contributed by atoms with E-state index >= 15 is 0 Å². The molecule has 0 aliphatic carbocycles. The zero-order chi connectivity index (χ0) is 23.1. The van der Waals surface area contributed by atoms with Gasteiger partial charge in [0.1, 0.15) is 5.75 Å². The number of sulfonamides is 1. The Morgan fingerprint density at radius 1 is 1.00 bits per heavy atom. The molecule has 0 spiro atoms. The summed E-state index contributed by atoms with van der Waals surface area (Å²) in [6.45, 7) is 1.87. The van der Waals surface area contributed by atoms with Gasteiger partial charge in [0.15, 0.2) is 6.10 Å². The van der Waals surface area contributed by atoms with Crippen molar-refractivity contribution >= 4 is 27.3 Å². The molecule has 0 saturated heterocycles. The molecule has 32 heavy (non-hydrogen) atoms. The predicted molar refractivity (Wildman–Crippen MR) is 127 cm³/mol. The number of nitrogens with zero attached hydrogens (tertiary/aromatic N) is 2. The van der Waals surface area contributed by atoms with Crippen molar-refractivity contribution in [3.05, 3.63) is 84.2 Å². The first-order valence-corrected chi connectivity index (χ1v) is 12.1. The Labute approximate surface area is 189 Å². The van der Waals surface area contributed by atoms with E-state index in [4.69, 9.17) is 4.74 Å². The molecule has 1 N–H and O–H groups in total. The van der Waals surface area contributed by atoms with Crippen LogP contribution in [0.15, 0.2) is 73.1 Å². The molecule has 3 aromatic rings. The molecule has 1 amide bonds. The van der Waals surface area contributed by atoms with Gasteiger partial charge in [-0.1, -0.05) is 19.1 Å². The Balaban J connectivity index is 1.60. The number of carbonyl (C=O) groups excluding carboxylic acids is 1. The fraction of sp³-hybridized carbons (Fsp3) is 0.250. The van der Waals surface area contributed by atoms with Crippen LogP contribution in [0.25, 0.3) is 0 Å². The van der Waals surface area contributed by atoms with Crippen LogP contribution in [-0.2, 0) is 21.2 Å². The van der Waals surface area contributed by atoms with Crippen molar-refractivity contribution < 1.29 is 17.9 Å². The standard InChI is InChI=1S/C24H27N3O4S/c1-4-23(31-22-11-9-21(10-12-22)27(2)32(3,29)30)24(28)26-20-7-5-18(6-8-20)17-19-13-15-25-16-14-19/h5-16,23H,4,17H2,1-3H3,(H,26,28)/t23-/m1/s1. The SMILES string of the molecule is CC[C@@H](Oc1ccc(N(C)S(C)(=O)=O)cc1)C(=O)Nc1ccc(Cc2ccncc2)cc1. The maximum absolute atomic E-state index is 12.7. The zero-order valence-corrected chi connectivity index (χ0v) is 19.2. The fourth-order valence-electron chi connectivity index (χ4n) is 3.08. The van der Waals surface area contributed by atoms with Crippen molar-refractivity contribution in [3.8, 4) is 5.75 Å². The molecule has 1 atom stereocenters. The average Bonchev–Trinajstić information content (AvgIpc) is 2.78. The lowest BCUT2D eigenvalue weighted by Gasteiger charge is -2.19. The molecular formula is C24H27N3O4S. The monoisotopic (exact) mass is 453 g/mol. The lowest BCUT2D eigenvalue weighted by molar-refractivity contribution is -0.122. The minimum Gasteiger partial charge on any atom is -0.481 e. The summed E-state index contributed by atoms with van der Waals surface area (Å²) < 4.78 is 30.3. The number of anilines is 2. The van der Waals surface area contributed by atoms with Gasteiger partial charge in [-0.25, -0.2) is 8.42 Å². The molecule has 0 aliphatic heterocycles. The summed E-state index contributed by atoms with van der Waals surface area (Å²) in [5.41, 5.74) is 3.52. The third-order valence-corrected chi connectivity index (χ3v) is 6.22. The van der Waals surface area contributed by atoms with Crippen LogP contribution in [0.2, 0.25) is 0 Å². The zero-order valence-electron chi connectivity index (χ0n) is 18.4. The largest absolute Gasteiger partial charge is 0.481 e. The first-order chi connectivity index (χ1) is 15.3. The van der Waals surface area contributed by atoms with Crippen molar-refractivity contribution in [2.24, 2.45) is 0 Å². The Morgan fingerprint density at radius 2 is 1.59 bits per heavy atom. The van der Waals surface area contributed by atoms with Crippen LogP contribution < -0.4 is 14.4 Å². The predicted octanol–water partition coefficient (Wildman–Crippen LogP) is 3.86. The molecule has 3 rings (SSSR count). The average molecular weight is 454 g/mol. The lowest BCUT2D eigenvalue weighted by Crippen LogP contribution is -2.32. The molecule has 2 aromatic carbocycles. The van der Waals surface area contributed by atoms with Crippen molar-refractivity contribution in [1.82, 2.24) is 4.98 Å². The van der Waals surface area contributed by atoms with Gasteiger partial charge in [-0.2, -0.15) is 0 Å². The number of hydrogen-bond donors (Lipinski definition) is 1. The van der Waals surface area contributed by atoms with Gasteiger partial charge in [-0.05, 0) is 72.5 Å². The highest BCUT2D eigenvalue weighted by Gasteiger charge is 2.19. The summed E-state index contributed by atoms with van der Waals surface area (Å²) in [7, 11) is -1.86. The molecule has 0 radical (unpaired) electrons. The Morgan fingerprint density at radius 3 is 2.16 bits per heavy atom. The summed E-state index contributed by atoms with van der Waals surface area (Å²) in [6.07, 6.45) is 5.28. The van der Waals surface area contributed by atoms with E-state index < -0.39 is 16.1 Å². The number of aromatic nitrogens is 1. The van der Waals surface area contributed by atoms with E-state index in [1.807, 2.05) is 43.3 Å². The molecule has 7 nitrogen and oxygen atoms in total. The summed E-state index contributed by atoms with van der Waals surface area (Å²) in [5.74, 6) is 0.247. The fourth-order valence-corrected chi connectivity index (χ4v) is 3.58. The Hall–Kier alpha value is -3.39. The maximum atomic E-state index is 12.7. The highest BCUT2D eigenvalue weighted by molar-refractivity contribution is 7.92. The number of ether oxygens (including phenoxy) is 1. The first kappa shape index (κ1) is 23.3. The second-order valence-corrected chi connectivity index (χ2v) is 9.47. The highest BCUT2D eigenvalue weighted by Crippen LogP contribution is 2.22. The molecular weight excluding hydrogens is 426 g/mol. The van der Waals surface area contributed by atoms with Gasteiger partial charge in [-0.15, -0.1) is 0 Å². The van der Waals surface area contributed by atoms with E-state index in [2.05, 4.69) is 10.3 Å². The second-order valence-electron chi connectivity index (χ2n) is 7.46. The molecule has 0 aliphatic rings. The van der Waals surface area contributed by atoms with Gasteiger partial charge < -0.3 is 10.1 Å². The van der Waals surface area contributed by atoms with Gasteiger partial charge in [0.25, 0.3) is 5.91 Å². The lowest BCUT2D eigenvalue weighted by atomic mass is 10.1. The number of benzene rings is 2. The van der Waals surface area contributed by atoms with E-state index in [9.17, 15) is 13.2 Å². The van der Waals surface area contributed by atoms with Crippen LogP contribution >= 0.6 is 0 Å². The van der Waals surface area contributed by atoms with Gasteiger partial charge in [0.05, 0.1) is 11.9 Å². The molecule has 0 fully saturated rings. The van der Waals surface area contributed by atoms with Gasteiger partial charge in [-0.3, -0.25) is 14.1 Å². The topological polar surface area (TPSA) is 88.6 Å². The van der Waals surface area contributed by atoms with Crippen LogP contribution in [0.3, 0.4) is 0 Å². The van der Waals surface area contributed by atoms with E-state index in [-0.39, 0.29) is 5.91 Å².